The maximum Gasteiger partial charge on any atom is 0.387 e. The number of H-pyrrole nitrogens is 1. The molecule has 0 unspecified atom stereocenters. The molecule has 2 N–H and O–H groups in total. The molecule has 112 valence electrons. The van der Waals surface area contributed by atoms with Gasteiger partial charge in [-0.1, -0.05) is 24.3 Å². The number of ether oxygens (including phenoxy) is 1. The van der Waals surface area contributed by atoms with E-state index in [2.05, 4.69) is 25.2 Å². The predicted octanol–water partition coefficient (Wildman–Crippen LogP) is 3.61. The van der Waals surface area contributed by atoms with E-state index in [0.29, 0.717) is 11.5 Å². The highest BCUT2D eigenvalue weighted by Gasteiger charge is 2.07. The van der Waals surface area contributed by atoms with Crippen molar-refractivity contribution >= 4 is 23.2 Å². The van der Waals surface area contributed by atoms with Gasteiger partial charge in [0.25, 0.3) is 0 Å². The van der Waals surface area contributed by atoms with Gasteiger partial charge in [0, 0.05) is 5.56 Å². The lowest BCUT2D eigenvalue weighted by Gasteiger charge is -2.06. The van der Waals surface area contributed by atoms with Crippen molar-refractivity contribution in [2.24, 2.45) is 5.10 Å². The molecular formula is C15H12F2N4O. The van der Waals surface area contributed by atoms with E-state index in [0.717, 1.165) is 11.0 Å². The van der Waals surface area contributed by atoms with Crippen LogP contribution in [0, 0.1) is 0 Å². The van der Waals surface area contributed by atoms with E-state index in [1.165, 1.54) is 12.3 Å². The molecule has 7 heteroatoms. The summed E-state index contributed by atoms with van der Waals surface area (Å²) in [7, 11) is 0. The normalized spacial score (nSPS) is 11.4. The third kappa shape index (κ3) is 3.20. The number of fused-ring (bicyclic) bond motifs is 1. The summed E-state index contributed by atoms with van der Waals surface area (Å²) in [5.41, 5.74) is 4.84. The molecule has 0 saturated carbocycles. The number of halogens is 2. The first-order valence-electron chi connectivity index (χ1n) is 6.50. The number of anilines is 1. The summed E-state index contributed by atoms with van der Waals surface area (Å²) in [6.45, 7) is -2.88. The van der Waals surface area contributed by atoms with Crippen LogP contribution in [0.15, 0.2) is 53.6 Å². The number of aromatic amines is 1. The van der Waals surface area contributed by atoms with Crippen LogP contribution in [0.2, 0.25) is 0 Å². The highest BCUT2D eigenvalue weighted by molar-refractivity contribution is 5.84. The first kappa shape index (κ1) is 14.0. The molecule has 3 aromatic rings. The Morgan fingerprint density at radius 2 is 1.91 bits per heavy atom. The van der Waals surface area contributed by atoms with Gasteiger partial charge >= 0.3 is 6.61 Å². The van der Waals surface area contributed by atoms with Gasteiger partial charge in [0.2, 0.25) is 5.95 Å². The van der Waals surface area contributed by atoms with Crippen molar-refractivity contribution in [2.45, 2.75) is 6.61 Å². The number of imidazole rings is 1. The van der Waals surface area contributed by atoms with Crippen molar-refractivity contribution in [3.8, 4) is 5.75 Å². The van der Waals surface area contributed by atoms with Crippen LogP contribution in [-0.2, 0) is 0 Å². The van der Waals surface area contributed by atoms with Gasteiger partial charge in [-0.25, -0.2) is 10.4 Å². The van der Waals surface area contributed by atoms with Gasteiger partial charge in [0.05, 0.1) is 17.2 Å². The summed E-state index contributed by atoms with van der Waals surface area (Å²) in [6, 6.07) is 13.9. The lowest BCUT2D eigenvalue weighted by molar-refractivity contribution is -0.0499. The molecule has 1 heterocycles. The maximum absolute atomic E-state index is 12.3. The number of hydrogen-bond acceptors (Lipinski definition) is 4. The molecule has 0 amide bonds. The average molecular weight is 302 g/mol. The molecule has 1 aromatic heterocycles. The molecule has 0 aliphatic carbocycles. The average Bonchev–Trinajstić information content (AvgIpc) is 2.91. The van der Waals surface area contributed by atoms with E-state index in [1.54, 1.807) is 18.2 Å². The highest BCUT2D eigenvalue weighted by Crippen LogP contribution is 2.18. The smallest absolute Gasteiger partial charge is 0.387 e. The zero-order valence-electron chi connectivity index (χ0n) is 11.3. The summed E-state index contributed by atoms with van der Waals surface area (Å²) >= 11 is 0. The third-order valence-corrected chi connectivity index (χ3v) is 2.90. The van der Waals surface area contributed by atoms with Crippen LogP contribution < -0.4 is 10.2 Å². The summed E-state index contributed by atoms with van der Waals surface area (Å²) in [5.74, 6) is 0.525. The van der Waals surface area contributed by atoms with Crippen LogP contribution >= 0.6 is 0 Å². The number of nitrogens with zero attached hydrogens (tertiary/aromatic N) is 2. The number of hydrazone groups is 1. The summed E-state index contributed by atoms with van der Waals surface area (Å²) < 4.78 is 29.0. The molecule has 5 nitrogen and oxygen atoms in total. The molecule has 0 spiro atoms. The molecule has 0 bridgehead atoms. The Labute approximate surface area is 124 Å². The largest absolute Gasteiger partial charge is 0.434 e. The number of aromatic nitrogens is 2. The molecule has 22 heavy (non-hydrogen) atoms. The van der Waals surface area contributed by atoms with Gasteiger partial charge in [-0.2, -0.15) is 13.9 Å². The first-order chi connectivity index (χ1) is 10.7. The fourth-order valence-electron chi connectivity index (χ4n) is 1.96. The lowest BCUT2D eigenvalue weighted by Crippen LogP contribution is -2.04. The molecular weight excluding hydrogens is 290 g/mol. The summed E-state index contributed by atoms with van der Waals surface area (Å²) in [6.07, 6.45) is 1.39. The molecule has 0 aliphatic heterocycles. The number of hydrogen-bond donors (Lipinski definition) is 2. The van der Waals surface area contributed by atoms with Crippen LogP contribution in [-0.4, -0.2) is 22.8 Å². The first-order valence-corrected chi connectivity index (χ1v) is 6.50. The fraction of sp³-hybridized carbons (Fsp3) is 0.0667. The second kappa shape index (κ2) is 6.21. The molecule has 3 rings (SSSR count). The SMILES string of the molecule is FC(F)Oc1ccccc1/C=N/Nc1nc2ccccc2[nH]1. The zero-order valence-corrected chi connectivity index (χ0v) is 11.3. The Kier molecular flexibility index (Phi) is 3.95. The molecule has 2 aromatic carbocycles. The Bertz CT molecular complexity index is 768. The molecule has 0 radical (unpaired) electrons. The lowest BCUT2D eigenvalue weighted by atomic mass is 10.2. The second-order valence-corrected chi connectivity index (χ2v) is 4.39. The third-order valence-electron chi connectivity index (χ3n) is 2.90. The monoisotopic (exact) mass is 302 g/mol. The van der Waals surface area contributed by atoms with Gasteiger partial charge in [0.1, 0.15) is 5.75 Å². The molecule has 0 atom stereocenters. The van der Waals surface area contributed by atoms with Gasteiger partial charge in [0.15, 0.2) is 0 Å². The van der Waals surface area contributed by atoms with E-state index in [1.807, 2.05) is 24.3 Å². The standard InChI is InChI=1S/C15H12F2N4O/c16-14(17)22-13-8-4-1-5-10(13)9-18-21-15-19-11-6-2-3-7-12(11)20-15/h1-9,14H,(H2,19,20,21)/b18-9+. The summed E-state index contributed by atoms with van der Waals surface area (Å²) in [5, 5.41) is 3.98. The highest BCUT2D eigenvalue weighted by atomic mass is 19.3. The zero-order chi connectivity index (χ0) is 15.4. The predicted molar refractivity (Wildman–Crippen MR) is 80.4 cm³/mol. The van der Waals surface area contributed by atoms with Crippen molar-refractivity contribution in [1.82, 2.24) is 9.97 Å². The van der Waals surface area contributed by atoms with E-state index < -0.39 is 6.61 Å². The van der Waals surface area contributed by atoms with Crippen LogP contribution in [0.3, 0.4) is 0 Å². The van der Waals surface area contributed by atoms with Crippen molar-refractivity contribution in [3.05, 3.63) is 54.1 Å². The van der Waals surface area contributed by atoms with Gasteiger partial charge in [-0.3, -0.25) is 0 Å². The van der Waals surface area contributed by atoms with Crippen molar-refractivity contribution in [1.29, 1.82) is 0 Å². The number of para-hydroxylation sites is 3. The molecule has 0 aliphatic rings. The molecule has 0 fully saturated rings. The Morgan fingerprint density at radius 1 is 1.14 bits per heavy atom. The van der Waals surface area contributed by atoms with Crippen molar-refractivity contribution in [3.63, 3.8) is 0 Å². The van der Waals surface area contributed by atoms with E-state index in [-0.39, 0.29) is 5.75 Å². The number of nitrogens with one attached hydrogen (secondary N) is 2. The van der Waals surface area contributed by atoms with Gasteiger partial charge < -0.3 is 9.72 Å². The minimum absolute atomic E-state index is 0.0626. The van der Waals surface area contributed by atoms with Crippen LogP contribution in [0.4, 0.5) is 14.7 Å². The topological polar surface area (TPSA) is 62.3 Å². The van der Waals surface area contributed by atoms with Crippen LogP contribution in [0.1, 0.15) is 5.56 Å². The minimum Gasteiger partial charge on any atom is -0.434 e. The Morgan fingerprint density at radius 3 is 2.73 bits per heavy atom. The van der Waals surface area contributed by atoms with E-state index in [9.17, 15) is 8.78 Å². The Hall–Kier alpha value is -2.96. The van der Waals surface area contributed by atoms with Crippen molar-refractivity contribution < 1.29 is 13.5 Å². The van der Waals surface area contributed by atoms with E-state index >= 15 is 0 Å². The maximum atomic E-state index is 12.3. The molecule has 0 saturated heterocycles. The van der Waals surface area contributed by atoms with Gasteiger partial charge in [-0.05, 0) is 24.3 Å². The second-order valence-electron chi connectivity index (χ2n) is 4.39. The minimum atomic E-state index is -2.88. The number of benzene rings is 2. The fourth-order valence-corrected chi connectivity index (χ4v) is 1.96. The van der Waals surface area contributed by atoms with Crippen LogP contribution in [0.5, 0.6) is 5.75 Å². The number of rotatable bonds is 5. The Balaban J connectivity index is 1.74. The summed E-state index contributed by atoms with van der Waals surface area (Å²) in [4.78, 5) is 7.32. The van der Waals surface area contributed by atoms with Gasteiger partial charge in [-0.15, -0.1) is 0 Å². The quantitative estimate of drug-likeness (QED) is 0.559. The van der Waals surface area contributed by atoms with Crippen molar-refractivity contribution in [2.75, 3.05) is 5.43 Å². The van der Waals surface area contributed by atoms with Crippen LogP contribution in [0.25, 0.3) is 11.0 Å². The van der Waals surface area contributed by atoms with E-state index in [4.69, 9.17) is 0 Å². The number of alkyl halides is 2.